The lowest BCUT2D eigenvalue weighted by Gasteiger charge is -2.23. The van der Waals surface area contributed by atoms with Crippen LogP contribution < -0.4 is 0 Å². The molecule has 1 unspecified atom stereocenters. The quantitative estimate of drug-likeness (QED) is 0.610. The van der Waals surface area contributed by atoms with Crippen LogP contribution in [0.4, 0.5) is 5.69 Å². The molecule has 1 aliphatic rings. The number of benzene rings is 2. The average Bonchev–Trinajstić information content (AvgIpc) is 2.50. The number of azo groups is 1. The van der Waals surface area contributed by atoms with Gasteiger partial charge in [-0.15, -0.1) is 10.2 Å². The molecule has 1 heterocycles. The van der Waals surface area contributed by atoms with Gasteiger partial charge in [-0.3, -0.25) is 0 Å². The third-order valence-corrected chi connectivity index (χ3v) is 3.89. The Hall–Kier alpha value is -2.40. The van der Waals surface area contributed by atoms with Crippen molar-refractivity contribution in [2.45, 2.75) is 19.9 Å². The second kappa shape index (κ2) is 5.77. The fourth-order valence-corrected chi connectivity index (χ4v) is 2.48. The second-order valence-electron chi connectivity index (χ2n) is 5.13. The highest BCUT2D eigenvalue weighted by Crippen LogP contribution is 2.35. The molecule has 0 aliphatic carbocycles. The fourth-order valence-electron chi connectivity index (χ4n) is 2.35. The van der Waals surface area contributed by atoms with Gasteiger partial charge in [-0.2, -0.15) is 0 Å². The molecule has 0 saturated heterocycles. The average molecular weight is 315 g/mol. The predicted octanol–water partition coefficient (Wildman–Crippen LogP) is 4.75. The van der Waals surface area contributed by atoms with E-state index in [4.69, 9.17) is 11.8 Å². The van der Waals surface area contributed by atoms with Gasteiger partial charge in [0.2, 0.25) is 0 Å². The number of allylic oxidation sites excluding steroid dienone is 1. The summed E-state index contributed by atoms with van der Waals surface area (Å²) in [6.45, 7) is 3.82. The number of hydrogen-bond acceptors (Lipinski definition) is 5. The van der Waals surface area contributed by atoms with Crippen LogP contribution in [0.5, 0.6) is 5.75 Å². The van der Waals surface area contributed by atoms with Crippen LogP contribution in [0.25, 0.3) is 10.8 Å². The fraction of sp³-hybridized carbons (Fsp3) is 0.188. The van der Waals surface area contributed by atoms with Crippen LogP contribution in [0.1, 0.15) is 13.8 Å². The van der Waals surface area contributed by atoms with Crippen molar-refractivity contribution in [2.24, 2.45) is 15.2 Å². The Morgan fingerprint density at radius 1 is 1.18 bits per heavy atom. The van der Waals surface area contributed by atoms with Gasteiger partial charge in [-0.1, -0.05) is 30.3 Å². The van der Waals surface area contributed by atoms with E-state index in [2.05, 4.69) is 15.2 Å². The van der Waals surface area contributed by atoms with E-state index in [1.165, 1.54) is 4.42 Å². The zero-order valence-corrected chi connectivity index (χ0v) is 13.0. The van der Waals surface area contributed by atoms with E-state index >= 15 is 0 Å². The summed E-state index contributed by atoms with van der Waals surface area (Å²) in [5.74, 6) is 0.377. The van der Waals surface area contributed by atoms with Crippen molar-refractivity contribution in [1.82, 2.24) is 4.42 Å². The van der Waals surface area contributed by atoms with Crippen molar-refractivity contribution < 1.29 is 5.11 Å². The van der Waals surface area contributed by atoms with Gasteiger partial charge in [0.25, 0.3) is 5.96 Å². The summed E-state index contributed by atoms with van der Waals surface area (Å²) >= 11 is 6.16. The summed E-state index contributed by atoms with van der Waals surface area (Å²) in [6, 6.07) is 11.1. The third-order valence-electron chi connectivity index (χ3n) is 3.43. The molecule has 0 radical (unpaired) electrons. The van der Waals surface area contributed by atoms with Gasteiger partial charge < -0.3 is 5.11 Å². The van der Waals surface area contributed by atoms with Crippen molar-refractivity contribution >= 4 is 34.2 Å². The lowest BCUT2D eigenvalue weighted by Crippen LogP contribution is -2.30. The Morgan fingerprint density at radius 3 is 2.77 bits per heavy atom. The number of hydrogen-bond donors (Lipinski definition) is 1. The van der Waals surface area contributed by atoms with Crippen LogP contribution in [0, 0.1) is 0 Å². The Kier molecular flexibility index (Phi) is 3.81. The molecule has 112 valence electrons. The Morgan fingerprint density at radius 2 is 1.95 bits per heavy atom. The maximum Gasteiger partial charge on any atom is 0.260 e. The number of phenols is 1. The molecule has 5 nitrogen and oxygen atoms in total. The molecule has 1 N–H and O–H groups in total. The Labute approximate surface area is 133 Å². The Balaban J connectivity index is 2.03. The third kappa shape index (κ3) is 2.67. The standard InChI is InChI=1S/C16H15ClN4O/c1-10-9-11(2)21(17)16(18-10)20-19-15-13-6-4-3-5-12(13)7-8-14(15)22/h3-9,11,22H,1-2H3. The van der Waals surface area contributed by atoms with Crippen molar-refractivity contribution in [3.63, 3.8) is 0 Å². The molecule has 0 amide bonds. The highest BCUT2D eigenvalue weighted by atomic mass is 35.5. The highest BCUT2D eigenvalue weighted by Gasteiger charge is 2.19. The lowest BCUT2D eigenvalue weighted by molar-refractivity contribution is 0.477. The number of nitrogens with zero attached hydrogens (tertiary/aromatic N) is 4. The molecule has 6 heteroatoms. The van der Waals surface area contributed by atoms with Crippen LogP contribution in [0.2, 0.25) is 0 Å². The highest BCUT2D eigenvalue weighted by molar-refractivity contribution is 6.22. The Bertz CT molecular complexity index is 813. The number of aliphatic imine (C=N–C) groups is 1. The number of aromatic hydroxyl groups is 1. The maximum absolute atomic E-state index is 10.1. The first-order valence-electron chi connectivity index (χ1n) is 6.91. The molecule has 0 saturated carbocycles. The summed E-state index contributed by atoms with van der Waals surface area (Å²) in [7, 11) is 0. The lowest BCUT2D eigenvalue weighted by atomic mass is 10.1. The zero-order valence-electron chi connectivity index (χ0n) is 12.2. The van der Waals surface area contributed by atoms with E-state index in [1.54, 1.807) is 6.07 Å². The minimum atomic E-state index is -0.0192. The van der Waals surface area contributed by atoms with Gasteiger partial charge in [0.1, 0.15) is 11.4 Å². The van der Waals surface area contributed by atoms with Crippen LogP contribution >= 0.6 is 11.8 Å². The molecule has 2 aromatic carbocycles. The molecule has 0 aromatic heterocycles. The molecule has 0 bridgehead atoms. The van der Waals surface area contributed by atoms with Crippen LogP contribution in [-0.2, 0) is 0 Å². The predicted molar refractivity (Wildman–Crippen MR) is 88.5 cm³/mol. The van der Waals surface area contributed by atoms with Gasteiger partial charge in [0.15, 0.2) is 0 Å². The van der Waals surface area contributed by atoms with Gasteiger partial charge >= 0.3 is 0 Å². The van der Waals surface area contributed by atoms with Crippen molar-refractivity contribution in [3.8, 4) is 5.75 Å². The smallest absolute Gasteiger partial charge is 0.260 e. The summed E-state index contributed by atoms with van der Waals surface area (Å²) in [6.07, 6.45) is 1.93. The number of guanidine groups is 1. The molecule has 0 fully saturated rings. The van der Waals surface area contributed by atoms with E-state index in [1.807, 2.05) is 50.3 Å². The van der Waals surface area contributed by atoms with E-state index < -0.39 is 0 Å². The van der Waals surface area contributed by atoms with Gasteiger partial charge in [-0.25, -0.2) is 9.41 Å². The maximum atomic E-state index is 10.1. The summed E-state index contributed by atoms with van der Waals surface area (Å²) in [5.41, 5.74) is 1.24. The largest absolute Gasteiger partial charge is 0.506 e. The van der Waals surface area contributed by atoms with E-state index in [9.17, 15) is 5.11 Å². The number of halogens is 1. The van der Waals surface area contributed by atoms with Crippen LogP contribution in [0.15, 0.2) is 63.4 Å². The van der Waals surface area contributed by atoms with Crippen LogP contribution in [-0.4, -0.2) is 21.5 Å². The number of phenolic OH excluding ortho intramolecular Hbond substituents is 1. The van der Waals surface area contributed by atoms with Crippen molar-refractivity contribution in [1.29, 1.82) is 0 Å². The summed E-state index contributed by atoms with van der Waals surface area (Å²) in [5, 5.41) is 20.1. The topological polar surface area (TPSA) is 60.5 Å². The number of fused-ring (bicyclic) bond motifs is 1. The van der Waals surface area contributed by atoms with E-state index in [0.717, 1.165) is 16.5 Å². The molecule has 2 aromatic rings. The first-order valence-corrected chi connectivity index (χ1v) is 7.24. The minimum Gasteiger partial charge on any atom is -0.506 e. The molecular formula is C16H15ClN4O. The molecule has 1 atom stereocenters. The molecular weight excluding hydrogens is 300 g/mol. The van der Waals surface area contributed by atoms with Gasteiger partial charge in [0.05, 0.1) is 6.04 Å². The normalized spacial score (nSPS) is 18.7. The zero-order chi connectivity index (χ0) is 15.7. The first kappa shape index (κ1) is 14.5. The molecule has 3 rings (SSSR count). The van der Waals surface area contributed by atoms with Crippen molar-refractivity contribution in [3.05, 3.63) is 48.2 Å². The molecule has 1 aliphatic heterocycles. The molecule has 0 spiro atoms. The van der Waals surface area contributed by atoms with Gasteiger partial charge in [0, 0.05) is 22.9 Å². The second-order valence-corrected chi connectivity index (χ2v) is 5.49. The summed E-state index contributed by atoms with van der Waals surface area (Å²) < 4.78 is 1.42. The molecule has 22 heavy (non-hydrogen) atoms. The van der Waals surface area contributed by atoms with Crippen molar-refractivity contribution in [2.75, 3.05) is 0 Å². The van der Waals surface area contributed by atoms with E-state index in [-0.39, 0.29) is 11.8 Å². The minimum absolute atomic E-state index is 0.0192. The van der Waals surface area contributed by atoms with Crippen LogP contribution in [0.3, 0.4) is 0 Å². The monoisotopic (exact) mass is 314 g/mol. The summed E-state index contributed by atoms with van der Waals surface area (Å²) in [4.78, 5) is 4.27. The SMILES string of the molecule is CC1=CC(C)N(Cl)C(N=Nc2c(O)ccc3ccccc23)=N1. The first-order chi connectivity index (χ1) is 10.6. The van der Waals surface area contributed by atoms with Gasteiger partial charge in [-0.05, 0) is 31.4 Å². The van der Waals surface area contributed by atoms with E-state index in [0.29, 0.717) is 11.6 Å². The number of rotatable bonds is 1.